The molecule has 164 valence electrons. The first kappa shape index (κ1) is 24.2. The zero-order valence-electron chi connectivity index (χ0n) is 16.8. The Bertz CT molecular complexity index is 697. The summed E-state index contributed by atoms with van der Waals surface area (Å²) in [5.74, 6) is 0.892. The van der Waals surface area contributed by atoms with E-state index in [1.54, 1.807) is 20.0 Å². The summed E-state index contributed by atoms with van der Waals surface area (Å²) in [4.78, 5) is 7.90. The molecule has 1 N–H and O–H groups in total. The van der Waals surface area contributed by atoms with Gasteiger partial charge < -0.3 is 10.2 Å². The van der Waals surface area contributed by atoms with Crippen LogP contribution in [0, 0.1) is 11.7 Å². The minimum Gasteiger partial charge on any atom is -0.353 e. The van der Waals surface area contributed by atoms with Gasteiger partial charge >= 0.3 is 6.18 Å². The van der Waals surface area contributed by atoms with Crippen LogP contribution in [0.1, 0.15) is 31.2 Å². The molecule has 0 spiro atoms. The molecule has 3 atom stereocenters. The van der Waals surface area contributed by atoms with Gasteiger partial charge in [0.05, 0.1) is 6.54 Å². The Labute approximate surface area is 186 Å². The molecule has 1 aliphatic carbocycles. The van der Waals surface area contributed by atoms with Crippen molar-refractivity contribution in [3.63, 3.8) is 0 Å². The molecule has 0 radical (unpaired) electrons. The number of aliphatic imine (C=N–C) groups is 1. The molecule has 1 aromatic carbocycles. The van der Waals surface area contributed by atoms with E-state index in [-0.39, 0.29) is 47.7 Å². The van der Waals surface area contributed by atoms with Crippen LogP contribution in [0.4, 0.5) is 17.6 Å². The number of benzene rings is 1. The molecule has 1 aromatic rings. The van der Waals surface area contributed by atoms with Gasteiger partial charge in [0.2, 0.25) is 0 Å². The Morgan fingerprint density at radius 1 is 1.31 bits per heavy atom. The van der Waals surface area contributed by atoms with Crippen molar-refractivity contribution in [1.29, 1.82) is 0 Å². The van der Waals surface area contributed by atoms with Crippen LogP contribution in [0.25, 0.3) is 0 Å². The fourth-order valence-electron chi connectivity index (χ4n) is 4.04. The summed E-state index contributed by atoms with van der Waals surface area (Å²) < 4.78 is 52.0. The number of rotatable bonds is 6. The lowest BCUT2D eigenvalue weighted by Gasteiger charge is -2.26. The van der Waals surface area contributed by atoms with Gasteiger partial charge in [0.15, 0.2) is 5.96 Å². The molecule has 2 fully saturated rings. The number of hydrogen-bond donors (Lipinski definition) is 1. The molecule has 0 amide bonds. The van der Waals surface area contributed by atoms with Gasteiger partial charge in [-0.3, -0.25) is 9.89 Å². The fourth-order valence-corrected chi connectivity index (χ4v) is 4.04. The van der Waals surface area contributed by atoms with Crippen LogP contribution in [-0.2, 0) is 0 Å². The quantitative estimate of drug-likeness (QED) is 0.262. The smallest absolute Gasteiger partial charge is 0.353 e. The van der Waals surface area contributed by atoms with Crippen molar-refractivity contribution in [2.45, 2.75) is 37.9 Å². The second-order valence-corrected chi connectivity index (χ2v) is 7.71. The summed E-state index contributed by atoms with van der Waals surface area (Å²) in [6, 6.07) is 6.97. The van der Waals surface area contributed by atoms with E-state index in [9.17, 15) is 17.6 Å². The van der Waals surface area contributed by atoms with E-state index in [0.717, 1.165) is 30.9 Å². The Kier molecular flexibility index (Phi) is 8.57. The maximum absolute atomic E-state index is 13.9. The highest BCUT2D eigenvalue weighted by atomic mass is 127. The second-order valence-electron chi connectivity index (χ2n) is 7.71. The zero-order valence-corrected chi connectivity index (χ0v) is 19.1. The monoisotopic (exact) mass is 528 g/mol. The van der Waals surface area contributed by atoms with Crippen molar-refractivity contribution in [2.24, 2.45) is 10.9 Å². The van der Waals surface area contributed by atoms with E-state index >= 15 is 0 Å². The van der Waals surface area contributed by atoms with Crippen LogP contribution in [0.5, 0.6) is 0 Å². The largest absolute Gasteiger partial charge is 0.401 e. The standard InChI is InChI=1S/C20H28F4N4.HI/c1-3-27(13-20(22,23)24)11-14-8-9-28(12-14)19(25-2)26-18-10-16(18)15-6-4-5-7-17(15)21;/h4-7,14,16,18H,3,8-13H2,1-2H3,(H,25,26);1H. The van der Waals surface area contributed by atoms with E-state index in [2.05, 4.69) is 15.2 Å². The third-order valence-electron chi connectivity index (χ3n) is 5.57. The molecule has 2 aliphatic rings. The third kappa shape index (κ3) is 6.70. The zero-order chi connectivity index (χ0) is 20.3. The van der Waals surface area contributed by atoms with Gasteiger partial charge in [-0.25, -0.2) is 4.39 Å². The molecular formula is C20H29F4IN4. The predicted octanol–water partition coefficient (Wildman–Crippen LogP) is 4.08. The van der Waals surface area contributed by atoms with Gasteiger partial charge in [0, 0.05) is 38.6 Å². The lowest BCUT2D eigenvalue weighted by atomic mass is 10.1. The van der Waals surface area contributed by atoms with Crippen LogP contribution < -0.4 is 5.32 Å². The Balaban J connectivity index is 0.00000300. The molecule has 4 nitrogen and oxygen atoms in total. The number of nitrogens with zero attached hydrogens (tertiary/aromatic N) is 3. The molecule has 1 aliphatic heterocycles. The van der Waals surface area contributed by atoms with Crippen molar-refractivity contribution < 1.29 is 17.6 Å². The highest BCUT2D eigenvalue weighted by Gasteiger charge is 2.41. The Hall–Kier alpha value is -1.10. The van der Waals surface area contributed by atoms with Crippen LogP contribution in [0.15, 0.2) is 29.3 Å². The van der Waals surface area contributed by atoms with Crippen LogP contribution in [-0.4, -0.2) is 67.7 Å². The molecular weight excluding hydrogens is 499 g/mol. The van der Waals surface area contributed by atoms with E-state index < -0.39 is 12.7 Å². The summed E-state index contributed by atoms with van der Waals surface area (Å²) in [5, 5.41) is 3.40. The maximum atomic E-state index is 13.9. The first-order chi connectivity index (χ1) is 13.3. The van der Waals surface area contributed by atoms with Gasteiger partial charge in [0.1, 0.15) is 5.82 Å². The summed E-state index contributed by atoms with van der Waals surface area (Å²) in [7, 11) is 1.71. The first-order valence-corrected chi connectivity index (χ1v) is 9.82. The third-order valence-corrected chi connectivity index (χ3v) is 5.57. The average molecular weight is 528 g/mol. The summed E-state index contributed by atoms with van der Waals surface area (Å²) >= 11 is 0. The molecule has 1 heterocycles. The van der Waals surface area contributed by atoms with E-state index in [1.165, 1.54) is 11.0 Å². The van der Waals surface area contributed by atoms with Crippen molar-refractivity contribution in [3.05, 3.63) is 35.6 Å². The molecule has 0 aromatic heterocycles. The number of guanidine groups is 1. The van der Waals surface area contributed by atoms with Gasteiger partial charge in [-0.05, 0) is 36.9 Å². The van der Waals surface area contributed by atoms with Gasteiger partial charge in [0.25, 0.3) is 0 Å². The van der Waals surface area contributed by atoms with Gasteiger partial charge in [-0.2, -0.15) is 13.2 Å². The topological polar surface area (TPSA) is 30.9 Å². The fraction of sp³-hybridized carbons (Fsp3) is 0.650. The van der Waals surface area contributed by atoms with E-state index in [4.69, 9.17) is 0 Å². The van der Waals surface area contributed by atoms with Crippen molar-refractivity contribution >= 4 is 29.9 Å². The normalized spacial score (nSPS) is 24.6. The number of alkyl halides is 3. The van der Waals surface area contributed by atoms with Crippen LogP contribution in [0.3, 0.4) is 0 Å². The molecule has 0 bridgehead atoms. The minimum atomic E-state index is -4.17. The highest BCUT2D eigenvalue weighted by molar-refractivity contribution is 14.0. The SMILES string of the molecule is CCN(CC1CCN(C(=NC)NC2CC2c2ccccc2F)C1)CC(F)(F)F.I. The highest BCUT2D eigenvalue weighted by Crippen LogP contribution is 2.42. The van der Waals surface area contributed by atoms with Crippen LogP contribution in [0.2, 0.25) is 0 Å². The number of hydrogen-bond acceptors (Lipinski definition) is 2. The summed E-state index contributed by atoms with van der Waals surface area (Å²) in [6.07, 6.45) is -2.47. The molecule has 29 heavy (non-hydrogen) atoms. The van der Waals surface area contributed by atoms with Gasteiger partial charge in [-0.15, -0.1) is 24.0 Å². The second kappa shape index (κ2) is 10.3. The van der Waals surface area contributed by atoms with Crippen molar-refractivity contribution in [3.8, 4) is 0 Å². The summed E-state index contributed by atoms with van der Waals surface area (Å²) in [5.41, 5.74) is 0.723. The molecule has 3 unspecified atom stereocenters. The number of likely N-dealkylation sites (tertiary alicyclic amines) is 1. The lowest BCUT2D eigenvalue weighted by Crippen LogP contribution is -2.42. The predicted molar refractivity (Wildman–Crippen MR) is 117 cm³/mol. The van der Waals surface area contributed by atoms with Crippen LogP contribution >= 0.6 is 24.0 Å². The molecule has 1 saturated carbocycles. The van der Waals surface area contributed by atoms with E-state index in [0.29, 0.717) is 19.6 Å². The lowest BCUT2D eigenvalue weighted by molar-refractivity contribution is -0.146. The number of nitrogens with one attached hydrogen (secondary N) is 1. The minimum absolute atomic E-state index is 0. The summed E-state index contributed by atoms with van der Waals surface area (Å²) in [6.45, 7) is 3.17. The average Bonchev–Trinajstić information content (AvgIpc) is 3.25. The first-order valence-electron chi connectivity index (χ1n) is 9.82. The molecule has 9 heteroatoms. The molecule has 1 saturated heterocycles. The van der Waals surface area contributed by atoms with E-state index in [1.807, 2.05) is 12.1 Å². The molecule has 3 rings (SSSR count). The van der Waals surface area contributed by atoms with Crippen molar-refractivity contribution in [1.82, 2.24) is 15.1 Å². The van der Waals surface area contributed by atoms with Crippen molar-refractivity contribution in [2.75, 3.05) is 39.8 Å². The van der Waals surface area contributed by atoms with Gasteiger partial charge in [-0.1, -0.05) is 25.1 Å². The maximum Gasteiger partial charge on any atom is 0.401 e. The Morgan fingerprint density at radius 2 is 2.03 bits per heavy atom. The Morgan fingerprint density at radius 3 is 2.66 bits per heavy atom. The number of halogens is 5.